The number of rotatable bonds is 4. The van der Waals surface area contributed by atoms with Gasteiger partial charge >= 0.3 is 0 Å². The van der Waals surface area contributed by atoms with Crippen molar-refractivity contribution in [2.45, 2.75) is 6.42 Å². The summed E-state index contributed by atoms with van der Waals surface area (Å²) in [5, 5.41) is 3.60. The summed E-state index contributed by atoms with van der Waals surface area (Å²) in [6.45, 7) is 2.00. The second-order valence-corrected chi connectivity index (χ2v) is 7.47. The van der Waals surface area contributed by atoms with E-state index in [1.165, 1.54) is 0 Å². The Kier molecular flexibility index (Phi) is 5.45. The molecule has 2 amide bonds. The zero-order valence-electron chi connectivity index (χ0n) is 15.1. The van der Waals surface area contributed by atoms with Crippen molar-refractivity contribution in [2.75, 3.05) is 31.6 Å². The molecule has 0 radical (unpaired) electrons. The number of hydrogen-bond acceptors (Lipinski definition) is 4. The van der Waals surface area contributed by atoms with Gasteiger partial charge in [0.1, 0.15) is 11.3 Å². The van der Waals surface area contributed by atoms with Crippen molar-refractivity contribution in [1.82, 2.24) is 4.90 Å². The molecule has 1 aliphatic heterocycles. The first-order valence-electron chi connectivity index (χ1n) is 9.04. The van der Waals surface area contributed by atoms with Crippen LogP contribution in [-0.4, -0.2) is 43.0 Å². The van der Waals surface area contributed by atoms with Crippen LogP contribution in [0.4, 0.5) is 5.69 Å². The van der Waals surface area contributed by atoms with Gasteiger partial charge in [-0.25, -0.2) is 0 Å². The highest BCUT2D eigenvalue weighted by Crippen LogP contribution is 2.32. The summed E-state index contributed by atoms with van der Waals surface area (Å²) in [5.41, 5.74) is 1.88. The van der Waals surface area contributed by atoms with Gasteiger partial charge in [-0.3, -0.25) is 9.59 Å². The van der Waals surface area contributed by atoms with Gasteiger partial charge in [0.05, 0.1) is 19.6 Å². The second-order valence-electron chi connectivity index (χ2n) is 6.56. The highest BCUT2D eigenvalue weighted by Gasteiger charge is 2.27. The molecule has 3 aromatic rings. The van der Waals surface area contributed by atoms with Gasteiger partial charge < -0.3 is 19.4 Å². The first-order valence-corrected chi connectivity index (χ1v) is 9.84. The van der Waals surface area contributed by atoms with Crippen LogP contribution < -0.4 is 5.32 Å². The summed E-state index contributed by atoms with van der Waals surface area (Å²) >= 11 is 3.39. The molecule has 0 atom stereocenters. The predicted molar refractivity (Wildman–Crippen MR) is 109 cm³/mol. The summed E-state index contributed by atoms with van der Waals surface area (Å²) in [5.74, 6) is -0.282. The van der Waals surface area contributed by atoms with Crippen molar-refractivity contribution in [3.63, 3.8) is 0 Å². The molecule has 2 aromatic carbocycles. The van der Waals surface area contributed by atoms with Crippen LogP contribution in [0.5, 0.6) is 0 Å². The smallest absolute Gasteiger partial charge is 0.291 e. The van der Waals surface area contributed by atoms with Crippen LogP contribution in [-0.2, 0) is 16.0 Å². The third-order valence-electron chi connectivity index (χ3n) is 4.63. The maximum Gasteiger partial charge on any atom is 0.291 e. The highest BCUT2D eigenvalue weighted by atomic mass is 79.9. The molecular weight excluding hydrogens is 424 g/mol. The number of nitrogens with zero attached hydrogens (tertiary/aromatic N) is 1. The molecule has 1 fully saturated rings. The summed E-state index contributed by atoms with van der Waals surface area (Å²) < 4.78 is 12.1. The maximum absolute atomic E-state index is 13.0. The molecule has 28 heavy (non-hydrogen) atoms. The van der Waals surface area contributed by atoms with Gasteiger partial charge in [-0.2, -0.15) is 0 Å². The van der Waals surface area contributed by atoms with Crippen molar-refractivity contribution in [3.05, 3.63) is 64.3 Å². The Hall–Kier alpha value is -2.64. The summed E-state index contributed by atoms with van der Waals surface area (Å²) in [6, 6.07) is 14.9. The molecule has 0 spiro atoms. The summed E-state index contributed by atoms with van der Waals surface area (Å²) in [4.78, 5) is 27.3. The third-order valence-corrected chi connectivity index (χ3v) is 5.16. The Labute approximate surface area is 170 Å². The molecule has 0 aliphatic carbocycles. The van der Waals surface area contributed by atoms with Crippen LogP contribution in [0.1, 0.15) is 16.1 Å². The van der Waals surface area contributed by atoms with E-state index in [2.05, 4.69) is 21.2 Å². The molecule has 7 heteroatoms. The van der Waals surface area contributed by atoms with Gasteiger partial charge in [0.2, 0.25) is 11.7 Å². The molecule has 144 valence electrons. The fourth-order valence-corrected chi connectivity index (χ4v) is 3.47. The number of amides is 2. The largest absolute Gasteiger partial charge is 0.449 e. The SMILES string of the molecule is O=C(Cc1ccc(Br)cc1)Nc1c(C(=O)N2CCOCC2)oc2ccccc12. The third kappa shape index (κ3) is 3.95. The molecule has 1 saturated heterocycles. The molecule has 0 bridgehead atoms. The Morgan fingerprint density at radius 1 is 1.04 bits per heavy atom. The van der Waals surface area contributed by atoms with Gasteiger partial charge in [-0.05, 0) is 29.8 Å². The quantitative estimate of drug-likeness (QED) is 0.665. The predicted octanol–water partition coefficient (Wildman–Crippen LogP) is 3.85. The topological polar surface area (TPSA) is 71.8 Å². The van der Waals surface area contributed by atoms with E-state index in [1.807, 2.05) is 42.5 Å². The minimum Gasteiger partial charge on any atom is -0.449 e. The molecule has 1 aromatic heterocycles. The number of fused-ring (bicyclic) bond motifs is 1. The van der Waals surface area contributed by atoms with E-state index in [0.717, 1.165) is 10.0 Å². The number of furan rings is 1. The van der Waals surface area contributed by atoms with Crippen LogP contribution in [0.3, 0.4) is 0 Å². The van der Waals surface area contributed by atoms with Gasteiger partial charge in [0.15, 0.2) is 0 Å². The Morgan fingerprint density at radius 2 is 1.75 bits per heavy atom. The number of anilines is 1. The molecule has 0 unspecified atom stereocenters. The number of carbonyl (C=O) groups excluding carboxylic acids is 2. The molecule has 6 nitrogen and oxygen atoms in total. The Bertz CT molecular complexity index is 1010. The van der Waals surface area contributed by atoms with Crippen molar-refractivity contribution in [1.29, 1.82) is 0 Å². The number of nitrogens with one attached hydrogen (secondary N) is 1. The lowest BCUT2D eigenvalue weighted by Gasteiger charge is -2.26. The van der Waals surface area contributed by atoms with Crippen LogP contribution in [0.2, 0.25) is 0 Å². The van der Waals surface area contributed by atoms with E-state index in [1.54, 1.807) is 11.0 Å². The van der Waals surface area contributed by atoms with Crippen LogP contribution in [0.25, 0.3) is 11.0 Å². The van der Waals surface area contributed by atoms with E-state index in [0.29, 0.717) is 43.0 Å². The van der Waals surface area contributed by atoms with Crippen LogP contribution in [0.15, 0.2) is 57.4 Å². The van der Waals surface area contributed by atoms with Gasteiger partial charge in [-0.1, -0.05) is 40.2 Å². The fraction of sp³-hybridized carbons (Fsp3) is 0.238. The first-order chi connectivity index (χ1) is 13.6. The van der Waals surface area contributed by atoms with Crippen molar-refractivity contribution < 1.29 is 18.7 Å². The van der Waals surface area contributed by atoms with Gasteiger partial charge in [0.25, 0.3) is 5.91 Å². The summed E-state index contributed by atoms with van der Waals surface area (Å²) in [7, 11) is 0. The molecule has 0 saturated carbocycles. The highest BCUT2D eigenvalue weighted by molar-refractivity contribution is 9.10. The monoisotopic (exact) mass is 442 g/mol. The number of morpholine rings is 1. The average molecular weight is 443 g/mol. The minimum atomic E-state index is -0.238. The van der Waals surface area contributed by atoms with E-state index >= 15 is 0 Å². The lowest BCUT2D eigenvalue weighted by atomic mass is 10.1. The Morgan fingerprint density at radius 3 is 2.50 bits per heavy atom. The summed E-state index contributed by atoms with van der Waals surface area (Å²) in [6.07, 6.45) is 0.206. The number of ether oxygens (including phenoxy) is 1. The van der Waals surface area contributed by atoms with E-state index in [-0.39, 0.29) is 24.0 Å². The number of halogens is 1. The number of carbonyl (C=O) groups is 2. The zero-order valence-corrected chi connectivity index (χ0v) is 16.7. The number of benzene rings is 2. The maximum atomic E-state index is 13.0. The van der Waals surface area contributed by atoms with Crippen molar-refractivity contribution in [3.8, 4) is 0 Å². The van der Waals surface area contributed by atoms with E-state index in [4.69, 9.17) is 9.15 Å². The molecular formula is C21H19BrN2O4. The van der Waals surface area contributed by atoms with E-state index < -0.39 is 0 Å². The van der Waals surface area contributed by atoms with Crippen LogP contribution >= 0.6 is 15.9 Å². The minimum absolute atomic E-state index is 0.159. The molecule has 4 rings (SSSR count). The van der Waals surface area contributed by atoms with E-state index in [9.17, 15) is 9.59 Å². The van der Waals surface area contributed by atoms with Crippen molar-refractivity contribution >= 4 is 44.4 Å². The second kappa shape index (κ2) is 8.16. The molecule has 1 N–H and O–H groups in total. The van der Waals surface area contributed by atoms with Crippen molar-refractivity contribution in [2.24, 2.45) is 0 Å². The number of hydrogen-bond donors (Lipinski definition) is 1. The van der Waals surface area contributed by atoms with Crippen LogP contribution in [0, 0.1) is 0 Å². The normalized spacial score (nSPS) is 14.2. The first kappa shape index (κ1) is 18.7. The molecule has 1 aliphatic rings. The Balaban J connectivity index is 1.62. The lowest BCUT2D eigenvalue weighted by Crippen LogP contribution is -2.40. The van der Waals surface area contributed by atoms with Gasteiger partial charge in [0, 0.05) is 22.9 Å². The lowest BCUT2D eigenvalue weighted by molar-refractivity contribution is -0.115. The average Bonchev–Trinajstić information content (AvgIpc) is 3.08. The standard InChI is InChI=1S/C21H19BrN2O4/c22-15-7-5-14(6-8-15)13-18(25)23-19-16-3-1-2-4-17(16)28-20(19)21(26)24-9-11-27-12-10-24/h1-8H,9-13H2,(H,23,25). The van der Waals surface area contributed by atoms with Gasteiger partial charge in [-0.15, -0.1) is 0 Å². The zero-order chi connectivity index (χ0) is 19.5. The molecule has 2 heterocycles. The fourth-order valence-electron chi connectivity index (χ4n) is 3.20. The number of para-hydroxylation sites is 1.